The minimum Gasteiger partial charge on any atom is -0.370 e. The lowest BCUT2D eigenvalue weighted by molar-refractivity contribution is 0.614. The van der Waals surface area contributed by atoms with Crippen LogP contribution >= 0.6 is 0 Å². The summed E-state index contributed by atoms with van der Waals surface area (Å²) in [7, 11) is 1.86. The van der Waals surface area contributed by atoms with Crippen LogP contribution in [0, 0.1) is 5.82 Å². The molecule has 2 nitrogen and oxygen atoms in total. The number of hydrogen-bond acceptors (Lipinski definition) is 2. The molecule has 0 spiro atoms. The Balaban J connectivity index is 2.03. The van der Waals surface area contributed by atoms with Gasteiger partial charge in [-0.2, -0.15) is 0 Å². The van der Waals surface area contributed by atoms with Gasteiger partial charge in [-0.15, -0.1) is 0 Å². The van der Waals surface area contributed by atoms with Gasteiger partial charge in [-0.25, -0.2) is 4.39 Å². The standard InChI is InChI=1S/C18H23FN2/c1-3-6-14-9-11-15(12-10-14)17(20)13-21(2)18-8-5-4-7-16(18)19/h4-5,7-12,17H,3,6,13,20H2,1-2H3. The molecule has 0 heterocycles. The van der Waals surface area contributed by atoms with Crippen LogP contribution in [-0.2, 0) is 6.42 Å². The molecule has 0 saturated heterocycles. The predicted octanol–water partition coefficient (Wildman–Crippen LogP) is 3.91. The van der Waals surface area contributed by atoms with Gasteiger partial charge in [-0.1, -0.05) is 49.7 Å². The second-order valence-electron chi connectivity index (χ2n) is 5.43. The highest BCUT2D eigenvalue weighted by Gasteiger charge is 2.12. The number of anilines is 1. The quantitative estimate of drug-likeness (QED) is 0.872. The molecule has 2 aromatic rings. The van der Waals surface area contributed by atoms with E-state index in [0.29, 0.717) is 12.2 Å². The highest BCUT2D eigenvalue weighted by atomic mass is 19.1. The van der Waals surface area contributed by atoms with Crippen LogP contribution < -0.4 is 10.6 Å². The van der Waals surface area contributed by atoms with E-state index in [-0.39, 0.29) is 11.9 Å². The molecule has 0 aliphatic rings. The Kier molecular flexibility index (Phi) is 5.34. The van der Waals surface area contributed by atoms with Gasteiger partial charge in [0.1, 0.15) is 5.82 Å². The first-order chi connectivity index (χ1) is 10.1. The molecule has 1 unspecified atom stereocenters. The van der Waals surface area contributed by atoms with Crippen molar-refractivity contribution in [2.45, 2.75) is 25.8 Å². The molecule has 0 bridgehead atoms. The zero-order chi connectivity index (χ0) is 15.2. The topological polar surface area (TPSA) is 29.3 Å². The van der Waals surface area contributed by atoms with Gasteiger partial charge in [-0.05, 0) is 29.7 Å². The van der Waals surface area contributed by atoms with E-state index >= 15 is 0 Å². The van der Waals surface area contributed by atoms with E-state index < -0.39 is 0 Å². The average molecular weight is 286 g/mol. The van der Waals surface area contributed by atoms with Gasteiger partial charge in [0, 0.05) is 19.6 Å². The van der Waals surface area contributed by atoms with Gasteiger partial charge in [0.2, 0.25) is 0 Å². The second kappa shape index (κ2) is 7.23. The molecule has 2 N–H and O–H groups in total. The molecule has 2 aromatic carbocycles. The Bertz CT molecular complexity index is 566. The highest BCUT2D eigenvalue weighted by molar-refractivity contribution is 5.47. The van der Waals surface area contributed by atoms with Crippen molar-refractivity contribution in [3.8, 4) is 0 Å². The second-order valence-corrected chi connectivity index (χ2v) is 5.43. The lowest BCUT2D eigenvalue weighted by atomic mass is 10.0. The number of benzene rings is 2. The van der Waals surface area contributed by atoms with E-state index in [0.717, 1.165) is 18.4 Å². The summed E-state index contributed by atoms with van der Waals surface area (Å²) in [5.41, 5.74) is 9.23. The third kappa shape index (κ3) is 4.05. The largest absolute Gasteiger partial charge is 0.370 e. The summed E-state index contributed by atoms with van der Waals surface area (Å²) in [6.07, 6.45) is 2.23. The summed E-state index contributed by atoms with van der Waals surface area (Å²) in [4.78, 5) is 1.86. The van der Waals surface area contributed by atoms with Crippen LogP contribution in [0.4, 0.5) is 10.1 Å². The molecule has 0 saturated carbocycles. The Morgan fingerprint density at radius 1 is 1.10 bits per heavy atom. The normalized spacial score (nSPS) is 12.2. The Morgan fingerprint density at radius 2 is 1.76 bits per heavy atom. The van der Waals surface area contributed by atoms with Gasteiger partial charge in [0.15, 0.2) is 0 Å². The summed E-state index contributed by atoms with van der Waals surface area (Å²) in [6.45, 7) is 2.75. The first-order valence-corrected chi connectivity index (χ1v) is 7.42. The smallest absolute Gasteiger partial charge is 0.146 e. The molecule has 0 radical (unpaired) electrons. The number of rotatable bonds is 6. The maximum absolute atomic E-state index is 13.7. The van der Waals surface area contributed by atoms with Crippen molar-refractivity contribution in [3.05, 3.63) is 65.5 Å². The van der Waals surface area contributed by atoms with Gasteiger partial charge in [0.05, 0.1) is 5.69 Å². The van der Waals surface area contributed by atoms with Crippen molar-refractivity contribution in [2.75, 3.05) is 18.5 Å². The van der Waals surface area contributed by atoms with E-state index in [1.165, 1.54) is 11.6 Å². The molecule has 0 amide bonds. The lowest BCUT2D eigenvalue weighted by Gasteiger charge is -2.24. The molecule has 1 atom stereocenters. The van der Waals surface area contributed by atoms with Gasteiger partial charge < -0.3 is 10.6 Å². The first kappa shape index (κ1) is 15.5. The number of likely N-dealkylation sites (N-methyl/N-ethyl adjacent to an activating group) is 1. The van der Waals surface area contributed by atoms with Crippen molar-refractivity contribution in [1.29, 1.82) is 0 Å². The maximum Gasteiger partial charge on any atom is 0.146 e. The van der Waals surface area contributed by atoms with Crippen LogP contribution in [0.3, 0.4) is 0 Å². The zero-order valence-corrected chi connectivity index (χ0v) is 12.7. The Labute approximate surface area is 126 Å². The van der Waals surface area contributed by atoms with E-state index in [9.17, 15) is 4.39 Å². The summed E-state index contributed by atoms with van der Waals surface area (Å²) >= 11 is 0. The van der Waals surface area contributed by atoms with Crippen molar-refractivity contribution in [2.24, 2.45) is 5.73 Å². The Hall–Kier alpha value is -1.87. The Morgan fingerprint density at radius 3 is 2.38 bits per heavy atom. The summed E-state index contributed by atoms with van der Waals surface area (Å²) in [5.74, 6) is -0.217. The van der Waals surface area contributed by atoms with Gasteiger partial charge >= 0.3 is 0 Å². The van der Waals surface area contributed by atoms with E-state index in [1.807, 2.05) is 18.0 Å². The van der Waals surface area contributed by atoms with Crippen LogP contribution in [0.1, 0.15) is 30.5 Å². The van der Waals surface area contributed by atoms with Crippen LogP contribution in [0.5, 0.6) is 0 Å². The minimum atomic E-state index is -0.217. The third-order valence-corrected chi connectivity index (χ3v) is 3.68. The number of nitrogens with zero attached hydrogens (tertiary/aromatic N) is 1. The molecule has 0 aromatic heterocycles. The van der Waals surface area contributed by atoms with Crippen LogP contribution in [0.2, 0.25) is 0 Å². The fraction of sp³-hybridized carbons (Fsp3) is 0.333. The number of halogens is 1. The minimum absolute atomic E-state index is 0.134. The SMILES string of the molecule is CCCc1ccc(C(N)CN(C)c2ccccc2F)cc1. The number of nitrogens with two attached hydrogens (primary N) is 1. The van der Waals surface area contributed by atoms with Crippen LogP contribution in [-0.4, -0.2) is 13.6 Å². The fourth-order valence-electron chi connectivity index (χ4n) is 2.48. The summed E-state index contributed by atoms with van der Waals surface area (Å²) < 4.78 is 13.7. The average Bonchev–Trinajstić information content (AvgIpc) is 2.48. The molecule has 0 aliphatic heterocycles. The van der Waals surface area contributed by atoms with E-state index in [4.69, 9.17) is 5.73 Å². The van der Waals surface area contributed by atoms with E-state index in [1.54, 1.807) is 12.1 Å². The molecule has 3 heteroatoms. The van der Waals surface area contributed by atoms with Gasteiger partial charge in [-0.3, -0.25) is 0 Å². The molecule has 21 heavy (non-hydrogen) atoms. The van der Waals surface area contributed by atoms with Crippen molar-refractivity contribution in [3.63, 3.8) is 0 Å². The zero-order valence-electron chi connectivity index (χ0n) is 12.7. The van der Waals surface area contributed by atoms with Crippen molar-refractivity contribution < 1.29 is 4.39 Å². The van der Waals surface area contributed by atoms with Crippen LogP contribution in [0.15, 0.2) is 48.5 Å². The third-order valence-electron chi connectivity index (χ3n) is 3.68. The number of para-hydroxylation sites is 1. The summed E-state index contributed by atoms with van der Waals surface area (Å²) in [6, 6.07) is 15.0. The molecule has 2 rings (SSSR count). The molecule has 0 aliphatic carbocycles. The monoisotopic (exact) mass is 286 g/mol. The van der Waals surface area contributed by atoms with Crippen molar-refractivity contribution >= 4 is 5.69 Å². The predicted molar refractivity (Wildman–Crippen MR) is 87.0 cm³/mol. The van der Waals surface area contributed by atoms with Gasteiger partial charge in [0.25, 0.3) is 0 Å². The molecule has 112 valence electrons. The molecule has 0 fully saturated rings. The molecular formula is C18H23FN2. The van der Waals surface area contributed by atoms with Crippen LogP contribution in [0.25, 0.3) is 0 Å². The van der Waals surface area contributed by atoms with Crippen molar-refractivity contribution in [1.82, 2.24) is 0 Å². The maximum atomic E-state index is 13.7. The number of hydrogen-bond donors (Lipinski definition) is 1. The molecular weight excluding hydrogens is 263 g/mol. The summed E-state index contributed by atoms with van der Waals surface area (Å²) in [5, 5.41) is 0. The lowest BCUT2D eigenvalue weighted by Crippen LogP contribution is -2.29. The first-order valence-electron chi connectivity index (χ1n) is 7.42. The fourth-order valence-corrected chi connectivity index (χ4v) is 2.48. The highest BCUT2D eigenvalue weighted by Crippen LogP contribution is 2.20. The number of aryl methyl sites for hydroxylation is 1. The van der Waals surface area contributed by atoms with E-state index in [2.05, 4.69) is 31.2 Å².